The Morgan fingerprint density at radius 3 is 2.33 bits per heavy atom. The summed E-state index contributed by atoms with van der Waals surface area (Å²) in [5.41, 5.74) is 11.8. The highest BCUT2D eigenvalue weighted by atomic mass is 16.2. The fraction of sp³-hybridized carbons (Fsp3) is 0.250. The van der Waals surface area contributed by atoms with Crippen molar-refractivity contribution in [3.05, 3.63) is 23.4 Å². The third kappa shape index (κ3) is 1.60. The molecule has 0 spiro atoms. The molecule has 0 aromatic heterocycles. The minimum atomic E-state index is -0.562. The van der Waals surface area contributed by atoms with Gasteiger partial charge >= 0.3 is 0 Å². The monoisotopic (exact) mass is 166 g/mol. The summed E-state index contributed by atoms with van der Waals surface area (Å²) < 4.78 is 0. The molecule has 1 rings (SSSR count). The van der Waals surface area contributed by atoms with Crippen molar-refractivity contribution >= 4 is 11.6 Å². The van der Waals surface area contributed by atoms with Crippen LogP contribution in [0, 0.1) is 0 Å². The Kier molecular flexibility index (Phi) is 2.40. The van der Waals surface area contributed by atoms with Crippen molar-refractivity contribution in [1.82, 2.24) is 0 Å². The summed E-state index contributed by atoms with van der Waals surface area (Å²) >= 11 is 0. The molecule has 12 heavy (non-hydrogen) atoms. The molecule has 1 aliphatic rings. The van der Waals surface area contributed by atoms with Gasteiger partial charge in [0.1, 0.15) is 0 Å². The van der Waals surface area contributed by atoms with Gasteiger partial charge in [-0.05, 0) is 24.6 Å². The molecule has 0 atom stereocenters. The second kappa shape index (κ2) is 3.32. The predicted molar refractivity (Wildman–Crippen MR) is 44.0 cm³/mol. The Hall–Kier alpha value is -1.42. The van der Waals surface area contributed by atoms with Gasteiger partial charge in [0.05, 0.1) is 0 Å². The second-order valence-corrected chi connectivity index (χ2v) is 2.54. The summed E-state index contributed by atoms with van der Waals surface area (Å²) in [6.07, 6.45) is 2.93. The largest absolute Gasteiger partial charge is 0.398 e. The van der Waals surface area contributed by atoms with Crippen LogP contribution < -0.4 is 11.5 Å². The number of hydrogen-bond acceptors (Lipinski definition) is 4. The molecule has 0 bridgehead atoms. The van der Waals surface area contributed by atoms with Gasteiger partial charge in [-0.1, -0.05) is 0 Å². The summed E-state index contributed by atoms with van der Waals surface area (Å²) in [5, 5.41) is 0. The van der Waals surface area contributed by atoms with Crippen molar-refractivity contribution in [3.63, 3.8) is 0 Å². The van der Waals surface area contributed by atoms with Crippen molar-refractivity contribution in [2.24, 2.45) is 11.5 Å². The first kappa shape index (κ1) is 8.67. The zero-order chi connectivity index (χ0) is 9.14. The van der Waals surface area contributed by atoms with Crippen LogP contribution in [0.15, 0.2) is 23.4 Å². The van der Waals surface area contributed by atoms with Gasteiger partial charge in [0.25, 0.3) is 0 Å². The molecule has 4 heteroatoms. The first-order chi connectivity index (χ1) is 5.65. The molecule has 0 aromatic carbocycles. The van der Waals surface area contributed by atoms with Crippen LogP contribution in [-0.2, 0) is 9.59 Å². The lowest BCUT2D eigenvalue weighted by Gasteiger charge is -2.09. The predicted octanol–water partition coefficient (Wildman–Crippen LogP) is -0.744. The maximum Gasteiger partial charge on any atom is 0.227 e. The van der Waals surface area contributed by atoms with Crippen LogP contribution >= 0.6 is 0 Å². The van der Waals surface area contributed by atoms with Crippen LogP contribution in [0.25, 0.3) is 0 Å². The van der Waals surface area contributed by atoms with Crippen molar-refractivity contribution in [2.75, 3.05) is 6.54 Å². The molecule has 4 nitrogen and oxygen atoms in total. The lowest BCUT2D eigenvalue weighted by atomic mass is 9.99. The van der Waals surface area contributed by atoms with Gasteiger partial charge in [0.15, 0.2) is 0 Å². The third-order valence-corrected chi connectivity index (χ3v) is 1.62. The number of allylic oxidation sites excluding steroid dienone is 3. The maximum absolute atomic E-state index is 10.9. The first-order valence-electron chi connectivity index (χ1n) is 3.61. The molecule has 0 unspecified atom stereocenters. The third-order valence-electron chi connectivity index (χ3n) is 1.62. The number of rotatable bonds is 2. The van der Waals surface area contributed by atoms with E-state index in [1.165, 1.54) is 6.08 Å². The Bertz CT molecular complexity index is 289. The number of carbonyl (C=O) groups excluding carboxylic acids is 2. The molecule has 0 aliphatic heterocycles. The summed E-state index contributed by atoms with van der Waals surface area (Å²) in [5.74, 6) is -1.08. The van der Waals surface area contributed by atoms with Crippen LogP contribution in [0.3, 0.4) is 0 Å². The summed E-state index contributed by atoms with van der Waals surface area (Å²) in [6.45, 7) is 0.418. The van der Waals surface area contributed by atoms with E-state index >= 15 is 0 Å². The molecule has 0 radical (unpaired) electrons. The van der Waals surface area contributed by atoms with Crippen LogP contribution in [0.1, 0.15) is 6.42 Å². The number of hydrogen-bond donors (Lipinski definition) is 2. The zero-order valence-corrected chi connectivity index (χ0v) is 6.54. The average Bonchev–Trinajstić information content (AvgIpc) is 2.01. The summed E-state index contributed by atoms with van der Waals surface area (Å²) in [6, 6.07) is 0. The van der Waals surface area contributed by atoms with Crippen LogP contribution in [-0.4, -0.2) is 18.1 Å². The minimum Gasteiger partial charge on any atom is -0.398 e. The molecule has 0 saturated carbocycles. The Balaban J connectivity index is 2.88. The van der Waals surface area contributed by atoms with Crippen molar-refractivity contribution in [1.29, 1.82) is 0 Å². The second-order valence-electron chi connectivity index (χ2n) is 2.54. The average molecular weight is 166 g/mol. The highest BCUT2D eigenvalue weighted by molar-refractivity contribution is 6.46. The van der Waals surface area contributed by atoms with Crippen LogP contribution in [0.4, 0.5) is 0 Å². The van der Waals surface area contributed by atoms with Gasteiger partial charge in [0, 0.05) is 11.8 Å². The Morgan fingerprint density at radius 2 is 1.75 bits per heavy atom. The van der Waals surface area contributed by atoms with E-state index in [-0.39, 0.29) is 0 Å². The number of ketones is 2. The van der Waals surface area contributed by atoms with Gasteiger partial charge in [-0.15, -0.1) is 0 Å². The quantitative estimate of drug-likeness (QED) is 0.417. The van der Waals surface area contributed by atoms with E-state index < -0.39 is 11.6 Å². The molecule has 1 aliphatic carbocycles. The number of carbonyl (C=O) groups is 2. The fourth-order valence-corrected chi connectivity index (χ4v) is 0.990. The molecule has 4 N–H and O–H groups in total. The molecule has 64 valence electrons. The standard InChI is InChI=1S/C8H10N2O2/c9-2-1-5-3-7(11)8(12)4-6(5)10/h3-4H,1-2,9-10H2. The molecular formula is C8H10N2O2. The van der Waals surface area contributed by atoms with Gasteiger partial charge < -0.3 is 11.5 Å². The van der Waals surface area contributed by atoms with E-state index in [4.69, 9.17) is 11.5 Å². The highest BCUT2D eigenvalue weighted by Gasteiger charge is 2.17. The van der Waals surface area contributed by atoms with Gasteiger partial charge in [-0.3, -0.25) is 9.59 Å². The minimum absolute atomic E-state index is 0.352. The SMILES string of the molecule is NCCC1=CC(=O)C(=O)C=C1N. The first-order valence-corrected chi connectivity index (χ1v) is 3.61. The highest BCUT2D eigenvalue weighted by Crippen LogP contribution is 2.12. The lowest BCUT2D eigenvalue weighted by molar-refractivity contribution is -0.131. The van der Waals surface area contributed by atoms with E-state index in [1.807, 2.05) is 0 Å². The molecule has 0 fully saturated rings. The number of nitrogens with two attached hydrogens (primary N) is 2. The van der Waals surface area contributed by atoms with E-state index in [9.17, 15) is 9.59 Å². The molecule has 0 amide bonds. The summed E-state index contributed by atoms with van der Waals surface area (Å²) in [4.78, 5) is 21.6. The van der Waals surface area contributed by atoms with Crippen molar-refractivity contribution < 1.29 is 9.59 Å². The summed E-state index contributed by atoms with van der Waals surface area (Å²) in [7, 11) is 0. The molecular weight excluding hydrogens is 156 g/mol. The smallest absolute Gasteiger partial charge is 0.227 e. The topological polar surface area (TPSA) is 86.2 Å². The zero-order valence-electron chi connectivity index (χ0n) is 6.54. The molecule has 0 heterocycles. The van der Waals surface area contributed by atoms with Crippen LogP contribution in [0.2, 0.25) is 0 Å². The lowest BCUT2D eigenvalue weighted by Crippen LogP contribution is -2.19. The van der Waals surface area contributed by atoms with Crippen molar-refractivity contribution in [3.8, 4) is 0 Å². The molecule has 0 saturated heterocycles. The van der Waals surface area contributed by atoms with E-state index in [0.29, 0.717) is 24.2 Å². The van der Waals surface area contributed by atoms with E-state index in [2.05, 4.69) is 0 Å². The Morgan fingerprint density at radius 1 is 1.17 bits per heavy atom. The van der Waals surface area contributed by atoms with Crippen LogP contribution in [0.5, 0.6) is 0 Å². The van der Waals surface area contributed by atoms with Gasteiger partial charge in [0.2, 0.25) is 11.6 Å². The maximum atomic E-state index is 10.9. The van der Waals surface area contributed by atoms with Gasteiger partial charge in [-0.25, -0.2) is 0 Å². The fourth-order valence-electron chi connectivity index (χ4n) is 0.990. The van der Waals surface area contributed by atoms with Crippen molar-refractivity contribution in [2.45, 2.75) is 6.42 Å². The molecule has 0 aromatic rings. The normalized spacial score (nSPS) is 17.4. The van der Waals surface area contributed by atoms with E-state index in [1.54, 1.807) is 0 Å². The van der Waals surface area contributed by atoms with Gasteiger partial charge in [-0.2, -0.15) is 0 Å². The Labute approximate surface area is 69.9 Å². The van der Waals surface area contributed by atoms with E-state index in [0.717, 1.165) is 6.08 Å².